The monoisotopic (exact) mass is 402 g/mol. The van der Waals surface area contributed by atoms with Crippen LogP contribution in [0.3, 0.4) is 0 Å². The van der Waals surface area contributed by atoms with Crippen LogP contribution in [-0.4, -0.2) is 55.4 Å². The fourth-order valence-corrected chi connectivity index (χ4v) is 3.76. The lowest BCUT2D eigenvalue weighted by atomic mass is 10.1. The molecule has 9 nitrogen and oxygen atoms in total. The number of anilines is 3. The molecule has 1 aromatic carbocycles. The maximum atomic E-state index is 11.7. The van der Waals surface area contributed by atoms with Crippen LogP contribution in [-0.2, 0) is 4.79 Å². The molecule has 152 valence electrons. The van der Waals surface area contributed by atoms with Crippen LogP contribution in [0.4, 0.5) is 17.6 Å². The first-order valence-electron chi connectivity index (χ1n) is 10.1. The number of nitrogens with one attached hydrogen (secondary N) is 3. The number of carbonyl (C=O) groups excluding carboxylic acids is 1. The molecule has 1 aliphatic heterocycles. The van der Waals surface area contributed by atoms with Crippen LogP contribution < -0.4 is 10.6 Å². The van der Waals surface area contributed by atoms with Crippen LogP contribution in [0.1, 0.15) is 19.3 Å². The zero-order valence-electron chi connectivity index (χ0n) is 16.4. The molecule has 3 aromatic heterocycles. The smallest absolute Gasteiger partial charge is 0.232 e. The molecule has 4 aromatic rings. The highest BCUT2D eigenvalue weighted by atomic mass is 16.2. The summed E-state index contributed by atoms with van der Waals surface area (Å²) in [6.07, 6.45) is 5.85. The van der Waals surface area contributed by atoms with Gasteiger partial charge in [-0.15, -0.1) is 0 Å². The summed E-state index contributed by atoms with van der Waals surface area (Å²) in [5.74, 6) is 2.05. The van der Waals surface area contributed by atoms with Crippen LogP contribution in [0, 0.1) is 0 Å². The van der Waals surface area contributed by atoms with Crippen LogP contribution in [0.2, 0.25) is 0 Å². The number of likely N-dealkylation sites (tertiary alicyclic amines) is 1. The normalized spacial score (nSPS) is 14.0. The molecule has 1 fully saturated rings. The summed E-state index contributed by atoms with van der Waals surface area (Å²) < 4.78 is 0. The van der Waals surface area contributed by atoms with Gasteiger partial charge in [-0.05, 0) is 24.3 Å². The van der Waals surface area contributed by atoms with Gasteiger partial charge in [0.15, 0.2) is 11.5 Å². The van der Waals surface area contributed by atoms with Crippen molar-refractivity contribution in [1.82, 2.24) is 29.8 Å². The molecule has 0 saturated carbocycles. The Morgan fingerprint density at radius 3 is 2.93 bits per heavy atom. The second-order valence-corrected chi connectivity index (χ2v) is 7.27. The third kappa shape index (κ3) is 3.61. The second kappa shape index (κ2) is 7.94. The van der Waals surface area contributed by atoms with E-state index in [-0.39, 0.29) is 5.91 Å². The molecular formula is C21H22N8O. The van der Waals surface area contributed by atoms with E-state index in [1.165, 1.54) is 0 Å². The summed E-state index contributed by atoms with van der Waals surface area (Å²) in [6.45, 7) is 2.32. The van der Waals surface area contributed by atoms with Gasteiger partial charge >= 0.3 is 0 Å². The Labute approximate surface area is 173 Å². The average Bonchev–Trinajstić information content (AvgIpc) is 3.40. The number of pyridine rings is 1. The van der Waals surface area contributed by atoms with E-state index in [1.807, 2.05) is 35.2 Å². The van der Waals surface area contributed by atoms with Gasteiger partial charge in [0, 0.05) is 37.6 Å². The molecule has 1 amide bonds. The van der Waals surface area contributed by atoms with E-state index in [4.69, 9.17) is 0 Å². The summed E-state index contributed by atoms with van der Waals surface area (Å²) in [4.78, 5) is 34.6. The topological polar surface area (TPSA) is 112 Å². The van der Waals surface area contributed by atoms with E-state index in [1.54, 1.807) is 12.5 Å². The van der Waals surface area contributed by atoms with Gasteiger partial charge in [-0.1, -0.05) is 24.3 Å². The Bertz CT molecular complexity index is 1200. The van der Waals surface area contributed by atoms with Crippen molar-refractivity contribution >= 4 is 45.4 Å². The van der Waals surface area contributed by atoms with Gasteiger partial charge in [0.1, 0.15) is 11.3 Å². The van der Waals surface area contributed by atoms with Crippen LogP contribution >= 0.6 is 0 Å². The van der Waals surface area contributed by atoms with Gasteiger partial charge < -0.3 is 20.5 Å². The van der Waals surface area contributed by atoms with Crippen molar-refractivity contribution in [2.24, 2.45) is 0 Å². The number of fused-ring (bicyclic) bond motifs is 2. The molecule has 0 unspecified atom stereocenters. The molecule has 1 aliphatic rings. The first kappa shape index (κ1) is 18.3. The fourth-order valence-electron chi connectivity index (χ4n) is 3.76. The van der Waals surface area contributed by atoms with Gasteiger partial charge in [-0.3, -0.25) is 4.79 Å². The van der Waals surface area contributed by atoms with Crippen molar-refractivity contribution < 1.29 is 4.79 Å². The van der Waals surface area contributed by atoms with Gasteiger partial charge in [-0.25, -0.2) is 9.97 Å². The molecule has 0 radical (unpaired) electrons. The van der Waals surface area contributed by atoms with E-state index in [0.717, 1.165) is 42.2 Å². The molecule has 4 heterocycles. The lowest BCUT2D eigenvalue weighted by Gasteiger charge is -2.15. The maximum Gasteiger partial charge on any atom is 0.232 e. The highest BCUT2D eigenvalue weighted by Crippen LogP contribution is 2.25. The average molecular weight is 402 g/mol. The largest absolute Gasteiger partial charge is 0.368 e. The van der Waals surface area contributed by atoms with Crippen molar-refractivity contribution in [1.29, 1.82) is 0 Å². The minimum absolute atomic E-state index is 0.252. The molecule has 3 N–H and O–H groups in total. The van der Waals surface area contributed by atoms with Gasteiger partial charge in [0.2, 0.25) is 11.9 Å². The molecule has 30 heavy (non-hydrogen) atoms. The van der Waals surface area contributed by atoms with Gasteiger partial charge in [0.05, 0.1) is 6.33 Å². The van der Waals surface area contributed by atoms with Gasteiger partial charge in [-0.2, -0.15) is 9.97 Å². The highest BCUT2D eigenvalue weighted by molar-refractivity contribution is 5.93. The number of hydrogen-bond acceptors (Lipinski definition) is 7. The number of aromatic amines is 1. The number of imidazole rings is 1. The minimum Gasteiger partial charge on any atom is -0.368 e. The predicted molar refractivity (Wildman–Crippen MR) is 116 cm³/mol. The quantitative estimate of drug-likeness (QED) is 0.407. The van der Waals surface area contributed by atoms with E-state index in [2.05, 4.69) is 35.6 Å². The lowest BCUT2D eigenvalue weighted by molar-refractivity contribution is -0.127. The standard InChI is InChI=1S/C21H22N8O/c30-16-7-3-11-29(16)12-4-9-22-19-17-20(25-13-24-17)28-21(27-19)26-18-15-6-2-1-5-14(15)8-10-23-18/h1-2,5-6,8,10,13H,3-4,7,9,11-12H2,(H3,22,23,24,25,26,27,28). The summed E-state index contributed by atoms with van der Waals surface area (Å²) in [5, 5.41) is 8.67. The highest BCUT2D eigenvalue weighted by Gasteiger charge is 2.19. The molecule has 0 aliphatic carbocycles. The van der Waals surface area contributed by atoms with Crippen molar-refractivity contribution in [2.45, 2.75) is 19.3 Å². The zero-order chi connectivity index (χ0) is 20.3. The van der Waals surface area contributed by atoms with Crippen LogP contribution in [0.15, 0.2) is 42.9 Å². The molecule has 0 bridgehead atoms. The number of carbonyl (C=O) groups is 1. The summed E-state index contributed by atoms with van der Waals surface area (Å²) in [6, 6.07) is 9.99. The lowest BCUT2D eigenvalue weighted by Crippen LogP contribution is -2.27. The minimum atomic E-state index is 0.252. The zero-order valence-corrected chi connectivity index (χ0v) is 16.4. The molecule has 1 saturated heterocycles. The molecule has 5 rings (SSSR count). The first-order valence-corrected chi connectivity index (χ1v) is 10.1. The summed E-state index contributed by atoms with van der Waals surface area (Å²) in [5.41, 5.74) is 1.33. The Morgan fingerprint density at radius 1 is 1.10 bits per heavy atom. The molecular weight excluding hydrogens is 380 g/mol. The van der Waals surface area contributed by atoms with Crippen LogP contribution in [0.5, 0.6) is 0 Å². The number of rotatable bonds is 7. The number of hydrogen-bond donors (Lipinski definition) is 3. The summed E-state index contributed by atoms with van der Waals surface area (Å²) in [7, 11) is 0. The van der Waals surface area contributed by atoms with Crippen molar-refractivity contribution in [3.8, 4) is 0 Å². The van der Waals surface area contributed by atoms with E-state index < -0.39 is 0 Å². The Morgan fingerprint density at radius 2 is 2.03 bits per heavy atom. The number of nitrogens with zero attached hydrogens (tertiary/aromatic N) is 5. The third-order valence-corrected chi connectivity index (χ3v) is 5.26. The maximum absolute atomic E-state index is 11.7. The third-order valence-electron chi connectivity index (χ3n) is 5.26. The predicted octanol–water partition coefficient (Wildman–Crippen LogP) is 3.07. The second-order valence-electron chi connectivity index (χ2n) is 7.27. The molecule has 9 heteroatoms. The first-order chi connectivity index (χ1) is 14.8. The number of aromatic nitrogens is 5. The van der Waals surface area contributed by atoms with Crippen molar-refractivity contribution in [3.63, 3.8) is 0 Å². The van der Waals surface area contributed by atoms with E-state index in [0.29, 0.717) is 36.2 Å². The van der Waals surface area contributed by atoms with Crippen molar-refractivity contribution in [3.05, 3.63) is 42.9 Å². The fraction of sp³-hybridized carbons (Fsp3) is 0.286. The molecule has 0 atom stereocenters. The Balaban J connectivity index is 1.34. The SMILES string of the molecule is O=C1CCCN1CCCNc1nc(Nc2nccc3ccccc23)nc2nc[nH]c12. The van der Waals surface area contributed by atoms with E-state index in [9.17, 15) is 4.79 Å². The number of H-pyrrole nitrogens is 1. The van der Waals surface area contributed by atoms with Crippen LogP contribution in [0.25, 0.3) is 21.9 Å². The van der Waals surface area contributed by atoms with E-state index >= 15 is 0 Å². The summed E-state index contributed by atoms with van der Waals surface area (Å²) >= 11 is 0. The van der Waals surface area contributed by atoms with Crippen molar-refractivity contribution in [2.75, 3.05) is 30.3 Å². The number of amides is 1. The Hall–Kier alpha value is -3.75. The number of benzene rings is 1. The van der Waals surface area contributed by atoms with Gasteiger partial charge in [0.25, 0.3) is 0 Å². The molecule has 0 spiro atoms. The Kier molecular flexibility index (Phi) is 4.84.